The van der Waals surface area contributed by atoms with Gasteiger partial charge in [0.1, 0.15) is 13.2 Å². The fourth-order valence-corrected chi connectivity index (χ4v) is 9.09. The van der Waals surface area contributed by atoms with Crippen molar-refractivity contribution in [2.75, 3.05) is 13.2 Å². The van der Waals surface area contributed by atoms with Crippen LogP contribution < -0.4 is 0 Å². The van der Waals surface area contributed by atoms with Crippen LogP contribution in [0, 0.1) is 0 Å². The Morgan fingerprint density at radius 1 is 0.282 bits per heavy atom. The Hall–Kier alpha value is -2.63. The fraction of sp³-hybridized carbons (Fsp3) is 0.831. The van der Waals surface area contributed by atoms with Crippen molar-refractivity contribution >= 4 is 17.9 Å². The first kappa shape index (κ1) is 68.4. The van der Waals surface area contributed by atoms with Gasteiger partial charge in [-0.3, -0.25) is 14.4 Å². The highest BCUT2D eigenvalue weighted by atomic mass is 16.6. The van der Waals surface area contributed by atoms with Crippen molar-refractivity contribution in [3.63, 3.8) is 0 Å². The lowest BCUT2D eigenvalue weighted by atomic mass is 10.0. The summed E-state index contributed by atoms with van der Waals surface area (Å²) in [7, 11) is 0. The molecule has 1 unspecified atom stereocenters. The Bertz CT molecular complexity index is 1230. The van der Waals surface area contributed by atoms with Gasteiger partial charge in [-0.2, -0.15) is 0 Å². The molecule has 6 nitrogen and oxygen atoms in total. The normalized spacial score (nSPS) is 12.3. The Kier molecular flexibility index (Phi) is 57.7. The van der Waals surface area contributed by atoms with E-state index in [4.69, 9.17) is 14.2 Å². The Morgan fingerprint density at radius 3 is 0.803 bits per heavy atom. The average molecular weight is 996 g/mol. The van der Waals surface area contributed by atoms with Crippen LogP contribution in [0.25, 0.3) is 0 Å². The van der Waals surface area contributed by atoms with Crippen molar-refractivity contribution in [1.29, 1.82) is 0 Å². The van der Waals surface area contributed by atoms with Crippen LogP contribution in [0.4, 0.5) is 0 Å². The molecule has 0 N–H and O–H groups in total. The largest absolute Gasteiger partial charge is 0.462 e. The zero-order valence-corrected chi connectivity index (χ0v) is 47.5. The predicted octanol–water partition coefficient (Wildman–Crippen LogP) is 21.0. The van der Waals surface area contributed by atoms with Crippen LogP contribution in [0.15, 0.2) is 48.6 Å². The number of ether oxygens (including phenoxy) is 3. The predicted molar refractivity (Wildman–Crippen MR) is 307 cm³/mol. The Morgan fingerprint density at radius 2 is 0.507 bits per heavy atom. The molecule has 0 amide bonds. The molecular formula is C65H118O6. The first-order valence-corrected chi connectivity index (χ1v) is 31.1. The number of unbranched alkanes of at least 4 members (excludes halogenated alkanes) is 38. The molecule has 6 heteroatoms. The summed E-state index contributed by atoms with van der Waals surface area (Å²) < 4.78 is 16.9. The van der Waals surface area contributed by atoms with E-state index in [0.717, 1.165) is 77.0 Å². The fourth-order valence-electron chi connectivity index (χ4n) is 9.09. The molecule has 0 aromatic heterocycles. The molecule has 414 valence electrons. The van der Waals surface area contributed by atoms with Crippen LogP contribution in [-0.2, 0) is 28.6 Å². The van der Waals surface area contributed by atoms with Crippen LogP contribution in [0.5, 0.6) is 0 Å². The van der Waals surface area contributed by atoms with Gasteiger partial charge in [0.25, 0.3) is 0 Å². The maximum absolute atomic E-state index is 12.9. The van der Waals surface area contributed by atoms with Gasteiger partial charge in [-0.25, -0.2) is 0 Å². The van der Waals surface area contributed by atoms with Gasteiger partial charge in [-0.1, -0.05) is 275 Å². The van der Waals surface area contributed by atoms with E-state index < -0.39 is 6.10 Å². The van der Waals surface area contributed by atoms with E-state index in [-0.39, 0.29) is 31.1 Å². The van der Waals surface area contributed by atoms with Gasteiger partial charge in [-0.05, 0) is 83.5 Å². The molecule has 0 fully saturated rings. The number of allylic oxidation sites excluding steroid dienone is 8. The van der Waals surface area contributed by atoms with Crippen molar-refractivity contribution in [2.24, 2.45) is 0 Å². The summed E-state index contributed by atoms with van der Waals surface area (Å²) in [5.74, 6) is -0.867. The number of rotatable bonds is 57. The highest BCUT2D eigenvalue weighted by Crippen LogP contribution is 2.17. The highest BCUT2D eigenvalue weighted by molar-refractivity contribution is 5.71. The van der Waals surface area contributed by atoms with E-state index >= 15 is 0 Å². The first-order chi connectivity index (χ1) is 35.0. The molecule has 0 aliphatic heterocycles. The highest BCUT2D eigenvalue weighted by Gasteiger charge is 2.19. The molecule has 0 aromatic rings. The van der Waals surface area contributed by atoms with Crippen molar-refractivity contribution < 1.29 is 28.6 Å². The summed E-state index contributed by atoms with van der Waals surface area (Å²) in [6.07, 6.45) is 73.9. The zero-order valence-electron chi connectivity index (χ0n) is 47.5. The number of hydrogen-bond donors (Lipinski definition) is 0. The molecule has 0 aliphatic rings. The number of hydrogen-bond acceptors (Lipinski definition) is 6. The van der Waals surface area contributed by atoms with Crippen molar-refractivity contribution in [3.8, 4) is 0 Å². The van der Waals surface area contributed by atoms with E-state index in [9.17, 15) is 14.4 Å². The third-order valence-electron chi connectivity index (χ3n) is 13.8. The first-order valence-electron chi connectivity index (χ1n) is 31.1. The van der Waals surface area contributed by atoms with Crippen LogP contribution >= 0.6 is 0 Å². The molecule has 0 saturated carbocycles. The molecule has 0 spiro atoms. The lowest BCUT2D eigenvalue weighted by Crippen LogP contribution is -2.30. The van der Waals surface area contributed by atoms with Crippen LogP contribution in [0.2, 0.25) is 0 Å². The standard InChI is InChI=1S/C65H118O6/c1-4-7-10-13-16-19-22-25-28-30-31-32-33-35-37-40-43-46-49-52-55-58-64(67)70-61-62(60-69-63(66)57-54-51-48-45-42-39-36-27-24-21-18-15-12-9-6-3)71-65(68)59-56-53-50-47-44-41-38-34-29-26-23-20-17-14-11-8-5-2/h17,20,22,25-26,29-31,62H,4-16,18-19,21,23-24,27-28,32-61H2,1-3H3/b20-17-,25-22-,29-26-,31-30-. The summed E-state index contributed by atoms with van der Waals surface area (Å²) in [6.45, 7) is 6.64. The third-order valence-corrected chi connectivity index (χ3v) is 13.8. The number of esters is 3. The third kappa shape index (κ3) is 58.1. The van der Waals surface area contributed by atoms with E-state index in [1.165, 1.54) is 212 Å². The Balaban J connectivity index is 4.34. The zero-order chi connectivity index (χ0) is 51.4. The quantitative estimate of drug-likeness (QED) is 0.0261. The van der Waals surface area contributed by atoms with Crippen molar-refractivity contribution in [2.45, 2.75) is 335 Å². The summed E-state index contributed by atoms with van der Waals surface area (Å²) in [5, 5.41) is 0. The maximum Gasteiger partial charge on any atom is 0.306 e. The van der Waals surface area contributed by atoms with Crippen molar-refractivity contribution in [1.82, 2.24) is 0 Å². The molecule has 0 rings (SSSR count). The summed E-state index contributed by atoms with van der Waals surface area (Å²) in [4.78, 5) is 38.3. The molecule has 0 aromatic carbocycles. The SMILES string of the molecule is CCCCC/C=C\C/C=C\CCCCCCCCCC(=O)OC(COC(=O)CCCCCCCCCCC/C=C\C/C=C\CCCCCCC)COC(=O)CCCCCCCCCCCCCCCCC. The minimum atomic E-state index is -0.778. The lowest BCUT2D eigenvalue weighted by molar-refractivity contribution is -0.167. The van der Waals surface area contributed by atoms with E-state index in [2.05, 4.69) is 69.4 Å². The maximum atomic E-state index is 12.9. The van der Waals surface area contributed by atoms with Crippen molar-refractivity contribution in [3.05, 3.63) is 48.6 Å². The topological polar surface area (TPSA) is 78.9 Å². The van der Waals surface area contributed by atoms with E-state index in [0.29, 0.717) is 19.3 Å². The molecule has 1 atom stereocenters. The van der Waals surface area contributed by atoms with Crippen LogP contribution in [0.1, 0.15) is 329 Å². The molecular weight excluding hydrogens is 877 g/mol. The molecule has 71 heavy (non-hydrogen) atoms. The second kappa shape index (κ2) is 59.9. The van der Waals surface area contributed by atoms with Gasteiger partial charge < -0.3 is 14.2 Å². The van der Waals surface area contributed by atoms with Gasteiger partial charge in [0.2, 0.25) is 0 Å². The number of carbonyl (C=O) groups excluding carboxylic acids is 3. The molecule has 0 bridgehead atoms. The summed E-state index contributed by atoms with van der Waals surface area (Å²) in [5.41, 5.74) is 0. The monoisotopic (exact) mass is 995 g/mol. The summed E-state index contributed by atoms with van der Waals surface area (Å²) >= 11 is 0. The summed E-state index contributed by atoms with van der Waals surface area (Å²) in [6, 6.07) is 0. The molecule has 0 radical (unpaired) electrons. The second-order valence-corrected chi connectivity index (χ2v) is 21.0. The molecule has 0 aliphatic carbocycles. The second-order valence-electron chi connectivity index (χ2n) is 21.0. The average Bonchev–Trinajstić information content (AvgIpc) is 3.37. The number of carbonyl (C=O) groups is 3. The minimum Gasteiger partial charge on any atom is -0.462 e. The van der Waals surface area contributed by atoms with E-state index in [1.807, 2.05) is 0 Å². The van der Waals surface area contributed by atoms with Gasteiger partial charge in [0.05, 0.1) is 0 Å². The van der Waals surface area contributed by atoms with Gasteiger partial charge in [-0.15, -0.1) is 0 Å². The van der Waals surface area contributed by atoms with E-state index in [1.54, 1.807) is 0 Å². The Labute approximate surface area is 441 Å². The van der Waals surface area contributed by atoms with Crippen LogP contribution in [-0.4, -0.2) is 37.2 Å². The van der Waals surface area contributed by atoms with Gasteiger partial charge >= 0.3 is 17.9 Å². The van der Waals surface area contributed by atoms with Gasteiger partial charge in [0, 0.05) is 19.3 Å². The minimum absolute atomic E-state index is 0.0742. The smallest absolute Gasteiger partial charge is 0.306 e. The lowest BCUT2D eigenvalue weighted by Gasteiger charge is -2.18. The molecule has 0 saturated heterocycles. The molecule has 0 heterocycles. The van der Waals surface area contributed by atoms with Gasteiger partial charge in [0.15, 0.2) is 6.10 Å². The van der Waals surface area contributed by atoms with Crippen LogP contribution in [0.3, 0.4) is 0 Å².